The molecule has 0 aliphatic rings. The summed E-state index contributed by atoms with van der Waals surface area (Å²) in [6, 6.07) is 8.59. The summed E-state index contributed by atoms with van der Waals surface area (Å²) in [5.41, 5.74) is 2.96. The molecule has 0 saturated heterocycles. The van der Waals surface area contributed by atoms with Gasteiger partial charge in [0.25, 0.3) is 5.91 Å². The summed E-state index contributed by atoms with van der Waals surface area (Å²) in [5.74, 6) is -0.0948. The van der Waals surface area contributed by atoms with Gasteiger partial charge in [-0.15, -0.1) is 11.3 Å². The van der Waals surface area contributed by atoms with E-state index in [2.05, 4.69) is 53.3 Å². The van der Waals surface area contributed by atoms with Crippen LogP contribution in [0.2, 0.25) is 0 Å². The van der Waals surface area contributed by atoms with E-state index >= 15 is 0 Å². The molecule has 1 heterocycles. The maximum absolute atomic E-state index is 12.3. The molecule has 0 unspecified atom stereocenters. The third-order valence-electron chi connectivity index (χ3n) is 3.79. The van der Waals surface area contributed by atoms with Crippen molar-refractivity contribution in [2.24, 2.45) is 0 Å². The van der Waals surface area contributed by atoms with Crippen molar-refractivity contribution in [3.8, 4) is 0 Å². The van der Waals surface area contributed by atoms with Crippen molar-refractivity contribution in [2.45, 2.75) is 32.7 Å². The number of amides is 1. The quantitative estimate of drug-likeness (QED) is 0.845. The molecule has 23 heavy (non-hydrogen) atoms. The van der Waals surface area contributed by atoms with Gasteiger partial charge in [-0.25, -0.2) is 4.98 Å². The highest BCUT2D eigenvalue weighted by Crippen LogP contribution is 2.18. The van der Waals surface area contributed by atoms with E-state index in [9.17, 15) is 4.79 Å². The topological polar surface area (TPSA) is 45.2 Å². The molecule has 1 amide bonds. The number of likely N-dealkylation sites (N-methyl/N-ethyl adjacent to an activating group) is 1. The molecule has 2 aromatic rings. The Morgan fingerprint density at radius 3 is 2.61 bits per heavy atom. The Labute approximate surface area is 142 Å². The van der Waals surface area contributed by atoms with E-state index < -0.39 is 0 Å². The van der Waals surface area contributed by atoms with E-state index in [1.165, 1.54) is 11.1 Å². The second kappa shape index (κ2) is 8.22. The Hall–Kier alpha value is -1.72. The molecule has 1 atom stereocenters. The van der Waals surface area contributed by atoms with Crippen LogP contribution >= 0.6 is 11.3 Å². The summed E-state index contributed by atoms with van der Waals surface area (Å²) in [6.07, 6.45) is 1.98. The zero-order valence-electron chi connectivity index (χ0n) is 14.3. The molecule has 1 N–H and O–H groups in total. The Bertz CT molecular complexity index is 634. The molecule has 1 aromatic heterocycles. The number of nitrogens with zero attached hydrogens (tertiary/aromatic N) is 2. The maximum Gasteiger partial charge on any atom is 0.270 e. The van der Waals surface area contributed by atoms with E-state index in [1.807, 2.05) is 19.5 Å². The maximum atomic E-state index is 12.3. The Morgan fingerprint density at radius 2 is 2.00 bits per heavy atom. The lowest BCUT2D eigenvalue weighted by Gasteiger charge is -2.25. The van der Waals surface area contributed by atoms with Gasteiger partial charge in [0.05, 0.1) is 11.0 Å². The second-order valence-corrected chi connectivity index (χ2v) is 6.92. The van der Waals surface area contributed by atoms with Crippen LogP contribution in [0.3, 0.4) is 0 Å². The molecular formula is C18H25N3OS. The number of rotatable bonds is 7. The zero-order valence-corrected chi connectivity index (χ0v) is 15.1. The van der Waals surface area contributed by atoms with Crippen LogP contribution < -0.4 is 5.32 Å². The van der Waals surface area contributed by atoms with Gasteiger partial charge in [0.15, 0.2) is 0 Å². The number of thiazole rings is 1. The first-order valence-corrected chi connectivity index (χ1v) is 8.84. The number of aromatic nitrogens is 1. The molecule has 0 aliphatic heterocycles. The molecule has 0 radical (unpaired) electrons. The number of hydrogen-bond acceptors (Lipinski definition) is 4. The molecule has 1 aromatic carbocycles. The van der Waals surface area contributed by atoms with Gasteiger partial charge < -0.3 is 10.2 Å². The SMILES string of the molecule is CCCc1nc(C(=O)NC[C@H](c2ccc(C)cc2)N(C)C)cs1. The monoisotopic (exact) mass is 331 g/mol. The smallest absolute Gasteiger partial charge is 0.270 e. The van der Waals surface area contributed by atoms with Gasteiger partial charge in [-0.1, -0.05) is 36.8 Å². The van der Waals surface area contributed by atoms with E-state index in [0.29, 0.717) is 12.2 Å². The minimum absolute atomic E-state index is 0.0948. The van der Waals surface area contributed by atoms with Crippen LogP contribution in [0.1, 0.15) is 46.0 Å². The fourth-order valence-electron chi connectivity index (χ4n) is 2.41. The van der Waals surface area contributed by atoms with Crippen LogP contribution in [0.5, 0.6) is 0 Å². The lowest BCUT2D eigenvalue weighted by Crippen LogP contribution is -2.34. The number of carbonyl (C=O) groups is 1. The van der Waals surface area contributed by atoms with Gasteiger partial charge >= 0.3 is 0 Å². The van der Waals surface area contributed by atoms with Crippen molar-refractivity contribution in [1.82, 2.24) is 15.2 Å². The van der Waals surface area contributed by atoms with Crippen LogP contribution in [0.4, 0.5) is 0 Å². The Kier molecular flexibility index (Phi) is 6.30. The van der Waals surface area contributed by atoms with Gasteiger partial charge in [-0.05, 0) is 39.4 Å². The molecular weight excluding hydrogens is 306 g/mol. The molecule has 2 rings (SSSR count). The van der Waals surface area contributed by atoms with Crippen LogP contribution in [0, 0.1) is 6.92 Å². The highest BCUT2D eigenvalue weighted by molar-refractivity contribution is 7.09. The van der Waals surface area contributed by atoms with Crippen LogP contribution in [0.25, 0.3) is 0 Å². The van der Waals surface area contributed by atoms with Gasteiger partial charge in [0.1, 0.15) is 5.69 Å². The average molecular weight is 331 g/mol. The summed E-state index contributed by atoms with van der Waals surface area (Å²) in [4.78, 5) is 18.8. The second-order valence-electron chi connectivity index (χ2n) is 5.98. The van der Waals surface area contributed by atoms with Gasteiger partial charge in [-0.3, -0.25) is 4.79 Å². The van der Waals surface area contributed by atoms with E-state index in [1.54, 1.807) is 11.3 Å². The minimum atomic E-state index is -0.0948. The van der Waals surface area contributed by atoms with Crippen LogP contribution in [-0.4, -0.2) is 36.4 Å². The van der Waals surface area contributed by atoms with E-state index in [4.69, 9.17) is 0 Å². The first-order valence-electron chi connectivity index (χ1n) is 7.96. The minimum Gasteiger partial charge on any atom is -0.349 e. The predicted octanol–water partition coefficient (Wildman–Crippen LogP) is 3.44. The molecule has 0 spiro atoms. The average Bonchev–Trinajstić information content (AvgIpc) is 2.98. The largest absolute Gasteiger partial charge is 0.349 e. The lowest BCUT2D eigenvalue weighted by molar-refractivity contribution is 0.0937. The number of carbonyl (C=O) groups excluding carboxylic acids is 1. The van der Waals surface area contributed by atoms with Crippen molar-refractivity contribution in [1.29, 1.82) is 0 Å². The molecule has 4 nitrogen and oxygen atoms in total. The Morgan fingerprint density at radius 1 is 1.30 bits per heavy atom. The number of nitrogens with one attached hydrogen (secondary N) is 1. The van der Waals surface area contributed by atoms with Crippen LogP contribution in [-0.2, 0) is 6.42 Å². The molecule has 0 fully saturated rings. The predicted molar refractivity (Wildman–Crippen MR) is 96.0 cm³/mol. The lowest BCUT2D eigenvalue weighted by atomic mass is 10.0. The normalized spacial score (nSPS) is 12.4. The summed E-state index contributed by atoms with van der Waals surface area (Å²) in [6.45, 7) is 4.76. The van der Waals surface area contributed by atoms with Gasteiger partial charge in [-0.2, -0.15) is 0 Å². The summed E-state index contributed by atoms with van der Waals surface area (Å²) >= 11 is 1.56. The Balaban J connectivity index is 2.00. The summed E-state index contributed by atoms with van der Waals surface area (Å²) in [7, 11) is 4.05. The van der Waals surface area contributed by atoms with E-state index in [-0.39, 0.29) is 11.9 Å². The molecule has 0 saturated carbocycles. The molecule has 0 aliphatic carbocycles. The molecule has 5 heteroatoms. The van der Waals surface area contributed by atoms with Gasteiger partial charge in [0, 0.05) is 11.9 Å². The number of aryl methyl sites for hydroxylation is 2. The summed E-state index contributed by atoms with van der Waals surface area (Å²) in [5, 5.41) is 5.88. The van der Waals surface area contributed by atoms with Crippen molar-refractivity contribution in [3.63, 3.8) is 0 Å². The van der Waals surface area contributed by atoms with Crippen molar-refractivity contribution in [3.05, 3.63) is 51.5 Å². The molecule has 124 valence electrons. The first-order chi connectivity index (χ1) is 11.0. The highest BCUT2D eigenvalue weighted by Gasteiger charge is 2.17. The van der Waals surface area contributed by atoms with Gasteiger partial charge in [0.2, 0.25) is 0 Å². The van der Waals surface area contributed by atoms with Crippen LogP contribution in [0.15, 0.2) is 29.6 Å². The summed E-state index contributed by atoms with van der Waals surface area (Å²) < 4.78 is 0. The van der Waals surface area contributed by atoms with Crippen molar-refractivity contribution < 1.29 is 4.79 Å². The first kappa shape index (κ1) is 17.6. The number of hydrogen-bond donors (Lipinski definition) is 1. The third kappa shape index (κ3) is 4.88. The number of benzene rings is 1. The fraction of sp³-hybridized carbons (Fsp3) is 0.444. The zero-order chi connectivity index (χ0) is 16.8. The van der Waals surface area contributed by atoms with Crippen molar-refractivity contribution >= 4 is 17.2 Å². The molecule has 0 bridgehead atoms. The van der Waals surface area contributed by atoms with Crippen molar-refractivity contribution in [2.75, 3.05) is 20.6 Å². The highest BCUT2D eigenvalue weighted by atomic mass is 32.1. The fourth-order valence-corrected chi connectivity index (χ4v) is 3.29. The standard InChI is InChI=1S/C18H25N3OS/c1-5-6-17-20-15(12-23-17)18(22)19-11-16(21(3)4)14-9-7-13(2)8-10-14/h7-10,12,16H,5-6,11H2,1-4H3,(H,19,22)/t16-/m1/s1. The van der Waals surface area contributed by atoms with E-state index in [0.717, 1.165) is 17.8 Å². The third-order valence-corrected chi connectivity index (χ3v) is 4.70.